The van der Waals surface area contributed by atoms with Crippen LogP contribution < -0.4 is 0 Å². The summed E-state index contributed by atoms with van der Waals surface area (Å²) in [6, 6.07) is 0. The zero-order valence-corrected chi connectivity index (χ0v) is 15.7. The predicted molar refractivity (Wildman–Crippen MR) is 104 cm³/mol. The highest BCUT2D eigenvalue weighted by molar-refractivity contribution is 5.66. The van der Waals surface area contributed by atoms with E-state index in [2.05, 4.69) is 6.58 Å². The molecule has 0 aliphatic rings. The van der Waals surface area contributed by atoms with Crippen LogP contribution in [0.2, 0.25) is 0 Å². The second-order valence-corrected chi connectivity index (χ2v) is 7.00. The normalized spacial score (nSPS) is 10.7. The van der Waals surface area contributed by atoms with Gasteiger partial charge in [0.2, 0.25) is 0 Å². The molecule has 24 heavy (non-hydrogen) atoms. The SMILES string of the molecule is C=C(CC=N)CCCCCCCCCCCCCCCCC(=O)O. The van der Waals surface area contributed by atoms with E-state index in [1.165, 1.54) is 88.8 Å². The fourth-order valence-corrected chi connectivity index (χ4v) is 3.02. The second-order valence-electron chi connectivity index (χ2n) is 7.00. The van der Waals surface area contributed by atoms with Crippen LogP contribution in [0.1, 0.15) is 109 Å². The summed E-state index contributed by atoms with van der Waals surface area (Å²) in [7, 11) is 0. The van der Waals surface area contributed by atoms with Gasteiger partial charge in [0.15, 0.2) is 0 Å². The number of rotatable bonds is 19. The Bertz CT molecular complexity index is 326. The van der Waals surface area contributed by atoms with Crippen molar-refractivity contribution < 1.29 is 9.90 Å². The molecule has 0 spiro atoms. The third-order valence-electron chi connectivity index (χ3n) is 4.56. The van der Waals surface area contributed by atoms with E-state index >= 15 is 0 Å². The highest BCUT2D eigenvalue weighted by Crippen LogP contribution is 2.15. The number of allylic oxidation sites excluding steroid dienone is 1. The summed E-state index contributed by atoms with van der Waals surface area (Å²) in [6.45, 7) is 3.98. The molecule has 3 nitrogen and oxygen atoms in total. The molecule has 0 aromatic carbocycles. The van der Waals surface area contributed by atoms with Gasteiger partial charge in [-0.25, -0.2) is 0 Å². The molecule has 0 aliphatic carbocycles. The largest absolute Gasteiger partial charge is 0.481 e. The minimum atomic E-state index is -0.664. The van der Waals surface area contributed by atoms with E-state index in [0.29, 0.717) is 6.42 Å². The lowest BCUT2D eigenvalue weighted by molar-refractivity contribution is -0.137. The van der Waals surface area contributed by atoms with Crippen LogP contribution in [0.25, 0.3) is 0 Å². The molecule has 0 aromatic heterocycles. The predicted octanol–water partition coefficient (Wildman–Crippen LogP) is 6.91. The lowest BCUT2D eigenvalue weighted by Gasteiger charge is -2.04. The Morgan fingerprint density at radius 2 is 1.04 bits per heavy atom. The van der Waals surface area contributed by atoms with E-state index in [4.69, 9.17) is 10.5 Å². The van der Waals surface area contributed by atoms with Crippen molar-refractivity contribution in [3.05, 3.63) is 12.2 Å². The second kappa shape index (κ2) is 18.2. The van der Waals surface area contributed by atoms with Gasteiger partial charge in [-0.05, 0) is 25.5 Å². The maximum atomic E-state index is 10.4. The molecule has 0 rings (SSSR count). The molecule has 3 heteroatoms. The molecule has 140 valence electrons. The van der Waals surface area contributed by atoms with E-state index in [9.17, 15) is 4.79 Å². The maximum absolute atomic E-state index is 10.4. The Hall–Kier alpha value is -1.12. The van der Waals surface area contributed by atoms with Crippen molar-refractivity contribution in [2.45, 2.75) is 109 Å². The first-order valence-electron chi connectivity index (χ1n) is 10.0. The van der Waals surface area contributed by atoms with Crippen molar-refractivity contribution in [1.29, 1.82) is 5.41 Å². The molecule has 2 N–H and O–H groups in total. The van der Waals surface area contributed by atoms with Gasteiger partial charge >= 0.3 is 5.97 Å². The fraction of sp³-hybridized carbons (Fsp3) is 0.810. The van der Waals surface area contributed by atoms with Crippen molar-refractivity contribution in [3.63, 3.8) is 0 Å². The Kier molecular flexibility index (Phi) is 17.4. The summed E-state index contributed by atoms with van der Waals surface area (Å²) >= 11 is 0. The topological polar surface area (TPSA) is 61.2 Å². The molecule has 0 amide bonds. The number of hydrogen-bond donors (Lipinski definition) is 2. The monoisotopic (exact) mass is 337 g/mol. The van der Waals surface area contributed by atoms with Crippen LogP contribution in [0.15, 0.2) is 12.2 Å². The minimum absolute atomic E-state index is 0.332. The van der Waals surface area contributed by atoms with Crippen molar-refractivity contribution >= 4 is 12.2 Å². The molecule has 0 saturated carbocycles. The Morgan fingerprint density at radius 3 is 1.38 bits per heavy atom. The minimum Gasteiger partial charge on any atom is -0.481 e. The van der Waals surface area contributed by atoms with Gasteiger partial charge in [-0.15, -0.1) is 0 Å². The van der Waals surface area contributed by atoms with Gasteiger partial charge < -0.3 is 10.5 Å². The van der Waals surface area contributed by atoms with E-state index in [0.717, 1.165) is 25.7 Å². The summed E-state index contributed by atoms with van der Waals surface area (Å²) in [5, 5.41) is 15.6. The molecular weight excluding hydrogens is 298 g/mol. The van der Waals surface area contributed by atoms with Crippen molar-refractivity contribution in [2.24, 2.45) is 0 Å². The number of hydrogen-bond acceptors (Lipinski definition) is 2. The highest BCUT2D eigenvalue weighted by Gasteiger charge is 1.97. The fourth-order valence-electron chi connectivity index (χ4n) is 3.02. The summed E-state index contributed by atoms with van der Waals surface area (Å²) < 4.78 is 0. The van der Waals surface area contributed by atoms with Crippen LogP contribution >= 0.6 is 0 Å². The third kappa shape index (κ3) is 18.9. The van der Waals surface area contributed by atoms with Gasteiger partial charge in [-0.2, -0.15) is 0 Å². The van der Waals surface area contributed by atoms with Crippen LogP contribution in [0.3, 0.4) is 0 Å². The van der Waals surface area contributed by atoms with Gasteiger partial charge in [0, 0.05) is 12.8 Å². The van der Waals surface area contributed by atoms with Crippen molar-refractivity contribution in [1.82, 2.24) is 0 Å². The number of aliphatic carboxylic acids is 1. The molecular formula is C21H39NO2. The Morgan fingerprint density at radius 1 is 0.708 bits per heavy atom. The Labute approximate surface area is 149 Å². The molecule has 0 atom stereocenters. The van der Waals surface area contributed by atoms with Gasteiger partial charge in [-0.1, -0.05) is 89.2 Å². The molecule has 0 bridgehead atoms. The van der Waals surface area contributed by atoms with Crippen LogP contribution in [0.4, 0.5) is 0 Å². The zero-order valence-electron chi connectivity index (χ0n) is 15.7. The molecule has 0 fully saturated rings. The average Bonchev–Trinajstić information content (AvgIpc) is 2.54. The number of carbonyl (C=O) groups is 1. The van der Waals surface area contributed by atoms with E-state index in [-0.39, 0.29) is 0 Å². The van der Waals surface area contributed by atoms with Crippen LogP contribution in [0, 0.1) is 5.41 Å². The highest BCUT2D eigenvalue weighted by atomic mass is 16.4. The molecule has 0 heterocycles. The molecule has 0 aliphatic heterocycles. The smallest absolute Gasteiger partial charge is 0.303 e. The summed E-state index contributed by atoms with van der Waals surface area (Å²) in [4.78, 5) is 10.4. The lowest BCUT2D eigenvalue weighted by atomic mass is 10.0. The first-order chi connectivity index (χ1) is 11.7. The third-order valence-corrected chi connectivity index (χ3v) is 4.56. The maximum Gasteiger partial charge on any atom is 0.303 e. The average molecular weight is 338 g/mol. The van der Waals surface area contributed by atoms with Gasteiger partial charge in [0.1, 0.15) is 0 Å². The first-order valence-corrected chi connectivity index (χ1v) is 10.0. The Balaban J connectivity index is 3.06. The number of unbranched alkanes of at least 4 members (excludes halogenated alkanes) is 13. The lowest BCUT2D eigenvalue weighted by Crippen LogP contribution is -1.93. The standard InChI is InChI=1S/C21H39NO2/c1-20(18-19-22)16-14-12-10-8-6-4-2-3-5-7-9-11-13-15-17-21(23)24/h19,22H,1-18H2,(H,23,24). The molecule has 0 unspecified atom stereocenters. The van der Waals surface area contributed by atoms with Crippen LogP contribution in [-0.4, -0.2) is 17.3 Å². The van der Waals surface area contributed by atoms with Crippen LogP contribution in [-0.2, 0) is 4.79 Å². The summed E-state index contributed by atoms with van der Waals surface area (Å²) in [5.74, 6) is -0.664. The van der Waals surface area contributed by atoms with Gasteiger partial charge in [0.05, 0.1) is 0 Å². The van der Waals surface area contributed by atoms with E-state index < -0.39 is 5.97 Å². The molecule has 0 saturated heterocycles. The number of carboxylic acids is 1. The summed E-state index contributed by atoms with van der Waals surface area (Å²) in [5.41, 5.74) is 1.20. The first kappa shape index (κ1) is 22.9. The number of nitrogens with one attached hydrogen (secondary N) is 1. The van der Waals surface area contributed by atoms with Crippen LogP contribution in [0.5, 0.6) is 0 Å². The molecule has 0 aromatic rings. The van der Waals surface area contributed by atoms with E-state index in [1.807, 2.05) is 0 Å². The van der Waals surface area contributed by atoms with Crippen molar-refractivity contribution in [2.75, 3.05) is 0 Å². The van der Waals surface area contributed by atoms with Gasteiger partial charge in [-0.3, -0.25) is 4.79 Å². The van der Waals surface area contributed by atoms with Crippen molar-refractivity contribution in [3.8, 4) is 0 Å². The van der Waals surface area contributed by atoms with E-state index in [1.54, 1.807) is 0 Å². The van der Waals surface area contributed by atoms with Gasteiger partial charge in [0.25, 0.3) is 0 Å². The quantitative estimate of drug-likeness (QED) is 0.153. The number of carboxylic acid groups (broad SMARTS) is 1. The zero-order chi connectivity index (χ0) is 17.9. The molecule has 0 radical (unpaired) electrons. The summed E-state index contributed by atoms with van der Waals surface area (Å²) in [6.07, 6.45) is 21.4.